The first-order valence-corrected chi connectivity index (χ1v) is 8.87. The summed E-state index contributed by atoms with van der Waals surface area (Å²) in [5, 5.41) is 9.49. The average molecular weight is 354 g/mol. The van der Waals surface area contributed by atoms with Crippen LogP contribution in [0.2, 0.25) is 0 Å². The van der Waals surface area contributed by atoms with Crippen molar-refractivity contribution in [1.29, 1.82) is 0 Å². The number of hydrogen-bond acceptors (Lipinski definition) is 5. The summed E-state index contributed by atoms with van der Waals surface area (Å²) in [7, 11) is 0. The summed E-state index contributed by atoms with van der Waals surface area (Å²) in [6, 6.07) is 14.2. The monoisotopic (exact) mass is 354 g/mol. The van der Waals surface area contributed by atoms with E-state index in [1.165, 1.54) is 23.9 Å². The van der Waals surface area contributed by atoms with Crippen LogP contribution in [0.4, 0.5) is 15.8 Å². The van der Waals surface area contributed by atoms with Gasteiger partial charge in [-0.3, -0.25) is 4.79 Å². The van der Waals surface area contributed by atoms with Crippen LogP contribution in [-0.2, 0) is 4.79 Å². The van der Waals surface area contributed by atoms with Crippen molar-refractivity contribution in [3.63, 3.8) is 0 Å². The molecule has 2 aromatic carbocycles. The largest absolute Gasteiger partial charge is 0.323 e. The summed E-state index contributed by atoms with van der Waals surface area (Å²) in [6.07, 6.45) is 2.68. The van der Waals surface area contributed by atoms with Crippen LogP contribution in [-0.4, -0.2) is 28.1 Å². The molecule has 0 radical (unpaired) electrons. The molecule has 5 nitrogen and oxygen atoms in total. The second kappa shape index (κ2) is 6.68. The van der Waals surface area contributed by atoms with E-state index in [0.717, 1.165) is 17.7 Å². The fraction of sp³-hybridized carbons (Fsp3) is 0.167. The third kappa shape index (κ3) is 3.15. The minimum atomic E-state index is -0.450. The maximum Gasteiger partial charge on any atom is 0.234 e. The normalized spacial score (nSPS) is 17.7. The highest BCUT2D eigenvalue weighted by Gasteiger charge is 2.32. The highest BCUT2D eigenvalue weighted by atomic mass is 32.2. The molecule has 1 N–H and O–H groups in total. The zero-order chi connectivity index (χ0) is 17.2. The quantitative estimate of drug-likeness (QED) is 0.908. The highest BCUT2D eigenvalue weighted by Crippen LogP contribution is 2.40. The first-order valence-electron chi connectivity index (χ1n) is 7.89. The molecular formula is C18H15FN4OS. The number of carbonyl (C=O) groups is 1. The summed E-state index contributed by atoms with van der Waals surface area (Å²) < 4.78 is 13.6. The number of aliphatic imine (C=N–C) groups is 1. The third-order valence-corrected chi connectivity index (χ3v) is 4.96. The molecule has 0 bridgehead atoms. The van der Waals surface area contributed by atoms with Crippen molar-refractivity contribution in [2.45, 2.75) is 12.5 Å². The Morgan fingerprint density at radius 1 is 1.24 bits per heavy atom. The molecule has 0 aliphatic carbocycles. The zero-order valence-electron chi connectivity index (χ0n) is 13.2. The SMILES string of the molecule is O=C(CSC1=Nc2ccccc2C2CC=NN12)Nc1ccccc1F. The molecule has 0 saturated heterocycles. The lowest BCUT2D eigenvalue weighted by Gasteiger charge is -2.29. The first-order chi connectivity index (χ1) is 12.2. The smallest absolute Gasteiger partial charge is 0.234 e. The fourth-order valence-electron chi connectivity index (χ4n) is 2.86. The number of hydrogen-bond donors (Lipinski definition) is 1. The number of thioether (sulfide) groups is 1. The minimum absolute atomic E-state index is 0.130. The van der Waals surface area contributed by atoms with Crippen LogP contribution in [0.3, 0.4) is 0 Å². The van der Waals surface area contributed by atoms with E-state index in [9.17, 15) is 9.18 Å². The van der Waals surface area contributed by atoms with Gasteiger partial charge < -0.3 is 5.32 Å². The number of amides is 1. The Bertz CT molecular complexity index is 883. The first kappa shape index (κ1) is 15.8. The van der Waals surface area contributed by atoms with E-state index in [0.29, 0.717) is 5.17 Å². The van der Waals surface area contributed by atoms with Gasteiger partial charge in [-0.25, -0.2) is 14.4 Å². The Labute approximate surface area is 148 Å². The lowest BCUT2D eigenvalue weighted by atomic mass is 10.0. The number of carbonyl (C=O) groups excluding carboxylic acids is 1. The number of nitrogens with zero attached hydrogens (tertiary/aromatic N) is 3. The Kier molecular flexibility index (Phi) is 4.23. The maximum atomic E-state index is 13.6. The van der Waals surface area contributed by atoms with Crippen molar-refractivity contribution >= 4 is 40.4 Å². The van der Waals surface area contributed by atoms with Crippen molar-refractivity contribution < 1.29 is 9.18 Å². The van der Waals surface area contributed by atoms with Crippen molar-refractivity contribution in [3.05, 3.63) is 59.9 Å². The summed E-state index contributed by atoms with van der Waals surface area (Å²) >= 11 is 1.30. The van der Waals surface area contributed by atoms with Crippen LogP contribution in [0.1, 0.15) is 18.0 Å². The topological polar surface area (TPSA) is 57.1 Å². The van der Waals surface area contributed by atoms with E-state index in [-0.39, 0.29) is 23.4 Å². The van der Waals surface area contributed by atoms with Gasteiger partial charge in [0.2, 0.25) is 5.91 Å². The molecule has 1 unspecified atom stereocenters. The summed E-state index contributed by atoms with van der Waals surface area (Å²) in [5.74, 6) is -0.598. The number of rotatable bonds is 3. The molecule has 1 amide bonds. The number of hydrazone groups is 1. The molecule has 1 atom stereocenters. The fourth-order valence-corrected chi connectivity index (χ4v) is 3.66. The van der Waals surface area contributed by atoms with Gasteiger partial charge in [0.1, 0.15) is 5.82 Å². The Morgan fingerprint density at radius 2 is 2.04 bits per heavy atom. The molecule has 7 heteroatoms. The van der Waals surface area contributed by atoms with Gasteiger partial charge in [-0.15, -0.1) is 0 Å². The van der Waals surface area contributed by atoms with Crippen molar-refractivity contribution in [2.75, 3.05) is 11.1 Å². The van der Waals surface area contributed by atoms with Gasteiger partial charge in [0, 0.05) is 18.2 Å². The molecule has 0 spiro atoms. The summed E-state index contributed by atoms with van der Waals surface area (Å²) in [5.41, 5.74) is 2.23. The van der Waals surface area contributed by atoms with Gasteiger partial charge in [0.25, 0.3) is 0 Å². The van der Waals surface area contributed by atoms with Crippen LogP contribution in [0.25, 0.3) is 0 Å². The number of amidine groups is 1. The Balaban J connectivity index is 1.47. The second-order valence-electron chi connectivity index (χ2n) is 5.66. The van der Waals surface area contributed by atoms with Crippen LogP contribution < -0.4 is 5.32 Å². The number of halogens is 1. The Hall–Kier alpha value is -2.67. The number of nitrogens with one attached hydrogen (secondary N) is 1. The van der Waals surface area contributed by atoms with Crippen LogP contribution >= 0.6 is 11.8 Å². The predicted molar refractivity (Wildman–Crippen MR) is 98.7 cm³/mol. The lowest BCUT2D eigenvalue weighted by Crippen LogP contribution is -2.29. The van der Waals surface area contributed by atoms with Gasteiger partial charge in [0.15, 0.2) is 5.17 Å². The lowest BCUT2D eigenvalue weighted by molar-refractivity contribution is -0.113. The third-order valence-electron chi connectivity index (χ3n) is 4.02. The molecule has 0 fully saturated rings. The van der Waals surface area contributed by atoms with Crippen LogP contribution in [0.15, 0.2) is 58.6 Å². The maximum absolute atomic E-state index is 13.6. The molecule has 0 aromatic heterocycles. The van der Waals surface area contributed by atoms with Crippen molar-refractivity contribution in [2.24, 2.45) is 10.1 Å². The zero-order valence-corrected chi connectivity index (χ0v) is 14.0. The predicted octanol–water partition coefficient (Wildman–Crippen LogP) is 3.93. The van der Waals surface area contributed by atoms with Gasteiger partial charge in [-0.1, -0.05) is 42.1 Å². The van der Waals surface area contributed by atoms with E-state index < -0.39 is 5.82 Å². The van der Waals surface area contributed by atoms with E-state index in [4.69, 9.17) is 0 Å². The number of benzene rings is 2. The Morgan fingerprint density at radius 3 is 2.92 bits per heavy atom. The van der Waals surface area contributed by atoms with E-state index >= 15 is 0 Å². The number of anilines is 1. The van der Waals surface area contributed by atoms with E-state index in [2.05, 4.69) is 21.5 Å². The van der Waals surface area contributed by atoms with Gasteiger partial charge >= 0.3 is 0 Å². The molecule has 2 heterocycles. The molecule has 25 heavy (non-hydrogen) atoms. The molecule has 2 aliphatic heterocycles. The van der Waals surface area contributed by atoms with Gasteiger partial charge in [0.05, 0.1) is 23.2 Å². The van der Waals surface area contributed by atoms with Crippen LogP contribution in [0, 0.1) is 5.82 Å². The van der Waals surface area contributed by atoms with E-state index in [1.54, 1.807) is 12.1 Å². The van der Waals surface area contributed by atoms with Gasteiger partial charge in [-0.05, 0) is 18.2 Å². The summed E-state index contributed by atoms with van der Waals surface area (Å²) in [6.45, 7) is 0. The van der Waals surface area contributed by atoms with Crippen LogP contribution in [0.5, 0.6) is 0 Å². The molecule has 2 aromatic rings. The number of para-hydroxylation sites is 2. The van der Waals surface area contributed by atoms with Crippen molar-refractivity contribution in [3.8, 4) is 0 Å². The van der Waals surface area contributed by atoms with Gasteiger partial charge in [-0.2, -0.15) is 5.10 Å². The van der Waals surface area contributed by atoms with E-state index in [1.807, 2.05) is 29.4 Å². The average Bonchev–Trinajstić information content (AvgIpc) is 3.12. The molecule has 0 saturated carbocycles. The molecule has 2 aliphatic rings. The number of fused-ring (bicyclic) bond motifs is 3. The summed E-state index contributed by atoms with van der Waals surface area (Å²) in [4.78, 5) is 16.8. The highest BCUT2D eigenvalue weighted by molar-refractivity contribution is 8.14. The van der Waals surface area contributed by atoms with Crippen molar-refractivity contribution in [1.82, 2.24) is 5.01 Å². The second-order valence-corrected chi connectivity index (χ2v) is 6.61. The standard InChI is InChI=1S/C18H15FN4OS/c19-13-6-2-4-8-15(13)21-17(24)11-25-18-22-14-7-3-1-5-12(14)16-9-10-20-23(16)18/h1-8,10,16H,9,11H2,(H,21,24). The molecule has 4 rings (SSSR count). The minimum Gasteiger partial charge on any atom is -0.323 e. The molecular weight excluding hydrogens is 339 g/mol. The molecule has 126 valence electrons.